The summed E-state index contributed by atoms with van der Waals surface area (Å²) in [6.45, 7) is 13.5. The number of hydrogen-bond acceptors (Lipinski definition) is 10. The second-order valence-electron chi connectivity index (χ2n) is 23.9. The zero-order valence-corrected chi connectivity index (χ0v) is 50.9. The lowest BCUT2D eigenvalue weighted by atomic mass is 9.68. The highest BCUT2D eigenvalue weighted by Gasteiger charge is 2.42. The molecule has 8 aromatic carbocycles. The maximum absolute atomic E-state index is 14.8. The Kier molecular flexibility index (Phi) is 23.4. The van der Waals surface area contributed by atoms with Gasteiger partial charge in [0.2, 0.25) is 0 Å². The lowest BCUT2D eigenvalue weighted by Gasteiger charge is -2.36. The Morgan fingerprint density at radius 1 is 0.395 bits per heavy atom. The molecule has 450 valence electrons. The molecule has 0 aliphatic carbocycles. The van der Waals surface area contributed by atoms with Crippen LogP contribution < -0.4 is 14.2 Å². The molecule has 8 rings (SSSR count). The number of carbonyl (C=O) groups is 2. The summed E-state index contributed by atoms with van der Waals surface area (Å²) in [6, 6.07) is 68.5. The van der Waals surface area contributed by atoms with Gasteiger partial charge in [-0.1, -0.05) is 191 Å². The van der Waals surface area contributed by atoms with Crippen LogP contribution in [0.15, 0.2) is 206 Å². The number of aliphatic hydroxyl groups excluding tert-OH is 3. The van der Waals surface area contributed by atoms with Crippen LogP contribution in [-0.2, 0) is 58.7 Å². The average molecular weight is 1160 g/mol. The van der Waals surface area contributed by atoms with Crippen molar-refractivity contribution in [3.8, 4) is 17.2 Å². The van der Waals surface area contributed by atoms with Crippen molar-refractivity contribution in [2.24, 2.45) is 10.8 Å². The van der Waals surface area contributed by atoms with Crippen LogP contribution in [0.25, 0.3) is 0 Å². The van der Waals surface area contributed by atoms with Gasteiger partial charge in [0.15, 0.2) is 0 Å². The van der Waals surface area contributed by atoms with Crippen molar-refractivity contribution < 1.29 is 48.6 Å². The van der Waals surface area contributed by atoms with E-state index in [1.807, 2.05) is 118 Å². The van der Waals surface area contributed by atoms with Gasteiger partial charge in [0.25, 0.3) is 0 Å². The van der Waals surface area contributed by atoms with Crippen LogP contribution in [0.1, 0.15) is 164 Å². The number of esters is 2. The van der Waals surface area contributed by atoms with Crippen molar-refractivity contribution in [2.45, 2.75) is 143 Å². The SMILES string of the molecule is CCC(CC(C)(CC(C)c1ccccc1)C(=O)OCCOC(=O)C(C)(C)C(CC(CC(C)c1ccc(COc2ccc(CO)cc2)cc1)c1ccccc1)c1ccc(COc2ccc(CO)cc2)cc1)c1ccc(COc2ccc(CO)cc2)cc1. The number of carbonyl (C=O) groups excluding carboxylic acids is 2. The van der Waals surface area contributed by atoms with Crippen LogP contribution in [0.4, 0.5) is 0 Å². The largest absolute Gasteiger partial charge is 0.489 e. The van der Waals surface area contributed by atoms with Crippen LogP contribution in [0.5, 0.6) is 17.2 Å². The van der Waals surface area contributed by atoms with E-state index >= 15 is 0 Å². The third-order valence-corrected chi connectivity index (χ3v) is 17.1. The van der Waals surface area contributed by atoms with Crippen molar-refractivity contribution in [3.63, 3.8) is 0 Å². The monoisotopic (exact) mass is 1160 g/mol. The van der Waals surface area contributed by atoms with Crippen LogP contribution in [0.3, 0.4) is 0 Å². The first-order chi connectivity index (χ1) is 41.7. The van der Waals surface area contributed by atoms with Crippen molar-refractivity contribution in [2.75, 3.05) is 13.2 Å². The fourth-order valence-electron chi connectivity index (χ4n) is 11.7. The summed E-state index contributed by atoms with van der Waals surface area (Å²) in [5.41, 5.74) is 9.32. The van der Waals surface area contributed by atoms with Crippen molar-refractivity contribution in [1.29, 1.82) is 0 Å². The van der Waals surface area contributed by atoms with E-state index in [0.717, 1.165) is 74.4 Å². The van der Waals surface area contributed by atoms with Crippen molar-refractivity contribution in [1.82, 2.24) is 0 Å². The van der Waals surface area contributed by atoms with E-state index in [4.69, 9.17) is 23.7 Å². The predicted octanol–water partition coefficient (Wildman–Crippen LogP) is 16.2. The Bertz CT molecular complexity index is 3290. The summed E-state index contributed by atoms with van der Waals surface area (Å²) >= 11 is 0. The molecule has 6 atom stereocenters. The molecule has 3 N–H and O–H groups in total. The fourth-order valence-corrected chi connectivity index (χ4v) is 11.7. The van der Waals surface area contributed by atoms with Gasteiger partial charge in [0.05, 0.1) is 30.7 Å². The normalized spacial score (nSPS) is 14.0. The lowest BCUT2D eigenvalue weighted by Crippen LogP contribution is -2.36. The molecule has 0 fully saturated rings. The summed E-state index contributed by atoms with van der Waals surface area (Å²) in [6.07, 6.45) is 3.41. The molecule has 8 aromatic rings. The number of aliphatic hydroxyl groups is 3. The van der Waals surface area contributed by atoms with Crippen LogP contribution in [-0.4, -0.2) is 40.5 Å². The highest BCUT2D eigenvalue weighted by atomic mass is 16.6. The van der Waals surface area contributed by atoms with Gasteiger partial charge in [-0.05, 0) is 174 Å². The van der Waals surface area contributed by atoms with E-state index in [1.54, 1.807) is 0 Å². The second kappa shape index (κ2) is 31.4. The minimum Gasteiger partial charge on any atom is -0.489 e. The van der Waals surface area contributed by atoms with Gasteiger partial charge in [-0.15, -0.1) is 0 Å². The fraction of sp³-hybridized carbons (Fsp3) is 0.342. The molecule has 0 amide bonds. The van der Waals surface area contributed by atoms with E-state index in [1.165, 1.54) is 11.1 Å². The first-order valence-corrected chi connectivity index (χ1v) is 30.4. The summed E-state index contributed by atoms with van der Waals surface area (Å²) < 4.78 is 30.7. The minimum absolute atomic E-state index is 0.0113. The first-order valence-electron chi connectivity index (χ1n) is 30.4. The quantitative estimate of drug-likeness (QED) is 0.0276. The predicted molar refractivity (Wildman–Crippen MR) is 340 cm³/mol. The molecule has 0 bridgehead atoms. The van der Waals surface area contributed by atoms with Crippen LogP contribution in [0, 0.1) is 10.8 Å². The smallest absolute Gasteiger partial charge is 0.312 e. The summed E-state index contributed by atoms with van der Waals surface area (Å²) in [7, 11) is 0. The molecule has 10 heteroatoms. The van der Waals surface area contributed by atoms with Gasteiger partial charge >= 0.3 is 11.9 Å². The Hall–Kier alpha value is -8.02. The standard InChI is InChI=1S/C76H86O10/c1-7-62(66-32-20-60(21-33-66)52-85-70-38-26-57(49-78)27-39-70)47-76(6,46-55(3)63-14-10-8-11-15-63)74(81)83-43-42-82-73(80)75(4,5)72(67-34-22-61(23-35-67)53-86-71-40-28-58(50-79)29-41-71)45-68(65-16-12-9-13-17-65)44-54(2)64-30-18-59(19-31-64)51-84-69-36-24-56(48-77)25-37-69/h8-41,54-55,62,68,72,77-79H,7,42-53H2,1-6H3. The van der Waals surface area contributed by atoms with E-state index in [0.29, 0.717) is 44.8 Å². The first kappa shape index (κ1) is 64.0. The molecular formula is C76H86O10. The molecule has 6 unspecified atom stereocenters. The van der Waals surface area contributed by atoms with Crippen molar-refractivity contribution in [3.05, 3.63) is 267 Å². The lowest BCUT2D eigenvalue weighted by molar-refractivity contribution is -0.165. The van der Waals surface area contributed by atoms with Crippen LogP contribution in [0.2, 0.25) is 0 Å². The number of benzene rings is 8. The maximum Gasteiger partial charge on any atom is 0.312 e. The third-order valence-electron chi connectivity index (χ3n) is 17.1. The van der Waals surface area contributed by atoms with E-state index in [2.05, 4.69) is 130 Å². The minimum atomic E-state index is -1.02. The topological polar surface area (TPSA) is 141 Å². The van der Waals surface area contributed by atoms with Gasteiger partial charge in [0.1, 0.15) is 50.3 Å². The van der Waals surface area contributed by atoms with Gasteiger partial charge in [0, 0.05) is 5.92 Å². The molecule has 0 saturated carbocycles. The molecule has 0 aliphatic rings. The number of ether oxygens (including phenoxy) is 5. The third kappa shape index (κ3) is 18.0. The Labute approximate surface area is 509 Å². The Morgan fingerprint density at radius 2 is 0.756 bits per heavy atom. The summed E-state index contributed by atoms with van der Waals surface area (Å²) in [5.74, 6) is 1.55. The van der Waals surface area contributed by atoms with Gasteiger partial charge in [-0.3, -0.25) is 9.59 Å². The molecule has 0 radical (unpaired) electrons. The Balaban J connectivity index is 0.970. The maximum atomic E-state index is 14.8. The van der Waals surface area contributed by atoms with Crippen molar-refractivity contribution >= 4 is 11.9 Å². The van der Waals surface area contributed by atoms with Gasteiger partial charge in [-0.25, -0.2) is 0 Å². The summed E-state index contributed by atoms with van der Waals surface area (Å²) in [4.78, 5) is 29.5. The molecule has 10 nitrogen and oxygen atoms in total. The molecule has 86 heavy (non-hydrogen) atoms. The summed E-state index contributed by atoms with van der Waals surface area (Å²) in [5, 5.41) is 28.4. The van der Waals surface area contributed by atoms with E-state index < -0.39 is 10.8 Å². The number of rotatable bonds is 32. The molecule has 0 heterocycles. The van der Waals surface area contributed by atoms with Gasteiger partial charge < -0.3 is 39.0 Å². The molecular weight excluding hydrogens is 1070 g/mol. The second-order valence-corrected chi connectivity index (χ2v) is 23.9. The Morgan fingerprint density at radius 3 is 1.17 bits per heavy atom. The van der Waals surface area contributed by atoms with E-state index in [9.17, 15) is 24.9 Å². The molecule has 0 aromatic heterocycles. The molecule has 0 spiro atoms. The average Bonchev–Trinajstić information content (AvgIpc) is 2.01. The van der Waals surface area contributed by atoms with E-state index in [-0.39, 0.29) is 74.6 Å². The highest BCUT2D eigenvalue weighted by Crippen LogP contribution is 2.47. The zero-order chi connectivity index (χ0) is 60.9. The highest BCUT2D eigenvalue weighted by molar-refractivity contribution is 5.78. The van der Waals surface area contributed by atoms with Crippen LogP contribution >= 0.6 is 0 Å². The van der Waals surface area contributed by atoms with Gasteiger partial charge in [-0.2, -0.15) is 0 Å². The molecule has 0 aliphatic heterocycles. The number of hydrogen-bond donors (Lipinski definition) is 3. The zero-order valence-electron chi connectivity index (χ0n) is 50.9. The molecule has 0 saturated heterocycles.